The van der Waals surface area contributed by atoms with Crippen molar-refractivity contribution in [2.24, 2.45) is 0 Å². The second-order valence-electron chi connectivity index (χ2n) is 3.67. The number of aromatic nitrogens is 1. The van der Waals surface area contributed by atoms with Crippen LogP contribution in [0.2, 0.25) is 0 Å². The van der Waals surface area contributed by atoms with Gasteiger partial charge >= 0.3 is 6.09 Å². The molecule has 1 N–H and O–H groups in total. The molecule has 0 fully saturated rings. The Morgan fingerprint density at radius 1 is 1.62 bits per heavy atom. The van der Waals surface area contributed by atoms with Crippen LogP contribution in [-0.2, 0) is 17.7 Å². The number of fused-ring (bicyclic) bond motifs is 1. The number of carbonyl (C=O) groups excluding carboxylic acids is 1. The molecule has 1 aromatic rings. The molecule has 1 aliphatic rings. The number of H-pyrrole nitrogens is 1. The molecule has 2 rings (SSSR count). The van der Waals surface area contributed by atoms with Gasteiger partial charge in [0.2, 0.25) is 0 Å². The van der Waals surface area contributed by atoms with E-state index >= 15 is 0 Å². The molecule has 0 unspecified atom stereocenters. The zero-order valence-corrected chi connectivity index (χ0v) is 9.16. The van der Waals surface area contributed by atoms with Crippen LogP contribution in [-0.4, -0.2) is 29.1 Å². The monoisotopic (exact) mass is 222 g/mol. The van der Waals surface area contributed by atoms with E-state index in [9.17, 15) is 9.59 Å². The highest BCUT2D eigenvalue weighted by Gasteiger charge is 2.23. The van der Waals surface area contributed by atoms with Crippen LogP contribution in [0.5, 0.6) is 0 Å². The Labute approximate surface area is 93.0 Å². The molecule has 16 heavy (non-hydrogen) atoms. The van der Waals surface area contributed by atoms with Gasteiger partial charge in [-0.3, -0.25) is 4.79 Å². The van der Waals surface area contributed by atoms with Crippen molar-refractivity contribution in [2.45, 2.75) is 19.9 Å². The zero-order chi connectivity index (χ0) is 11.5. The molecule has 0 saturated carbocycles. The number of amides is 1. The van der Waals surface area contributed by atoms with Gasteiger partial charge in [-0.2, -0.15) is 0 Å². The van der Waals surface area contributed by atoms with Gasteiger partial charge in [0.1, 0.15) is 0 Å². The second kappa shape index (κ2) is 4.38. The van der Waals surface area contributed by atoms with Gasteiger partial charge in [0.25, 0.3) is 0 Å². The summed E-state index contributed by atoms with van der Waals surface area (Å²) in [6.45, 7) is 3.05. The number of nitrogens with zero attached hydrogens (tertiary/aromatic N) is 1. The summed E-state index contributed by atoms with van der Waals surface area (Å²) in [7, 11) is 0. The van der Waals surface area contributed by atoms with E-state index in [0.29, 0.717) is 31.7 Å². The number of aromatic amines is 1. The van der Waals surface area contributed by atoms with Crippen molar-refractivity contribution < 1.29 is 9.53 Å². The summed E-state index contributed by atoms with van der Waals surface area (Å²) in [6, 6.07) is 1.48. The number of hydrogen-bond donors (Lipinski definition) is 1. The first-order valence-electron chi connectivity index (χ1n) is 5.33. The van der Waals surface area contributed by atoms with Crippen molar-refractivity contribution in [1.29, 1.82) is 0 Å². The van der Waals surface area contributed by atoms with E-state index in [4.69, 9.17) is 4.74 Å². The van der Waals surface area contributed by atoms with Crippen molar-refractivity contribution in [3.63, 3.8) is 0 Å². The molecule has 1 amide bonds. The maximum Gasteiger partial charge on any atom is 0.410 e. The average molecular weight is 222 g/mol. The number of hydrogen-bond acceptors (Lipinski definition) is 3. The van der Waals surface area contributed by atoms with Gasteiger partial charge in [-0.05, 0) is 6.92 Å². The molecule has 0 saturated heterocycles. The highest BCUT2D eigenvalue weighted by molar-refractivity contribution is 5.68. The van der Waals surface area contributed by atoms with Gasteiger partial charge < -0.3 is 14.6 Å². The molecule has 5 nitrogen and oxygen atoms in total. The Morgan fingerprint density at radius 2 is 2.44 bits per heavy atom. The summed E-state index contributed by atoms with van der Waals surface area (Å²) < 4.78 is 4.91. The molecule has 0 atom stereocenters. The van der Waals surface area contributed by atoms with Crippen LogP contribution in [0.25, 0.3) is 0 Å². The van der Waals surface area contributed by atoms with Crippen LogP contribution in [0, 0.1) is 0 Å². The van der Waals surface area contributed by atoms with Gasteiger partial charge in [-0.25, -0.2) is 4.79 Å². The minimum atomic E-state index is -0.351. The molecule has 86 valence electrons. The zero-order valence-electron chi connectivity index (χ0n) is 9.16. The average Bonchev–Trinajstić information content (AvgIpc) is 2.29. The molecule has 0 bridgehead atoms. The quantitative estimate of drug-likeness (QED) is 0.767. The summed E-state index contributed by atoms with van der Waals surface area (Å²) >= 11 is 0. The highest BCUT2D eigenvalue weighted by atomic mass is 16.6. The molecular weight excluding hydrogens is 208 g/mol. The fourth-order valence-corrected chi connectivity index (χ4v) is 1.84. The number of pyridine rings is 1. The van der Waals surface area contributed by atoms with E-state index in [1.807, 2.05) is 0 Å². The lowest BCUT2D eigenvalue weighted by Gasteiger charge is -2.27. The van der Waals surface area contributed by atoms with Gasteiger partial charge in [-0.1, -0.05) is 0 Å². The highest BCUT2D eigenvalue weighted by Crippen LogP contribution is 2.13. The molecule has 0 aromatic carbocycles. The molecule has 0 radical (unpaired) electrons. The largest absolute Gasteiger partial charge is 0.450 e. The summed E-state index contributed by atoms with van der Waals surface area (Å²) in [6.07, 6.45) is 1.96. The molecule has 2 heterocycles. The van der Waals surface area contributed by atoms with Crippen molar-refractivity contribution in [1.82, 2.24) is 9.88 Å². The van der Waals surface area contributed by atoms with E-state index in [0.717, 1.165) is 5.69 Å². The van der Waals surface area contributed by atoms with Crippen LogP contribution in [0.15, 0.2) is 17.1 Å². The first-order chi connectivity index (χ1) is 7.72. The number of carbonyl (C=O) groups is 1. The molecule has 0 spiro atoms. The van der Waals surface area contributed by atoms with E-state index in [1.165, 1.54) is 6.07 Å². The molecule has 0 aliphatic carbocycles. The summed E-state index contributed by atoms with van der Waals surface area (Å²) in [5.74, 6) is 0. The van der Waals surface area contributed by atoms with Gasteiger partial charge in [-0.15, -0.1) is 0 Å². The fraction of sp³-hybridized carbons (Fsp3) is 0.455. The second-order valence-corrected chi connectivity index (χ2v) is 3.67. The van der Waals surface area contributed by atoms with Crippen LogP contribution >= 0.6 is 0 Å². The Balaban J connectivity index is 2.20. The Hall–Kier alpha value is -1.78. The molecule has 5 heteroatoms. The topological polar surface area (TPSA) is 62.4 Å². The van der Waals surface area contributed by atoms with Crippen LogP contribution < -0.4 is 5.43 Å². The summed E-state index contributed by atoms with van der Waals surface area (Å²) in [4.78, 5) is 27.7. The predicted octanol–water partition coefficient (Wildman–Crippen LogP) is 0.890. The van der Waals surface area contributed by atoms with E-state index < -0.39 is 0 Å². The van der Waals surface area contributed by atoms with Crippen molar-refractivity contribution in [2.75, 3.05) is 13.2 Å². The van der Waals surface area contributed by atoms with Crippen molar-refractivity contribution in [3.8, 4) is 0 Å². The Kier molecular flexibility index (Phi) is 2.94. The van der Waals surface area contributed by atoms with E-state index in [-0.39, 0.29) is 11.5 Å². The normalized spacial score (nSPS) is 14.4. The lowest BCUT2D eigenvalue weighted by Crippen LogP contribution is -2.39. The lowest BCUT2D eigenvalue weighted by molar-refractivity contribution is 0.102. The maximum absolute atomic E-state index is 11.6. The minimum absolute atomic E-state index is 0.0252. The Bertz CT molecular complexity index is 453. The van der Waals surface area contributed by atoms with Gasteiger partial charge in [0.05, 0.1) is 13.2 Å². The minimum Gasteiger partial charge on any atom is -0.450 e. The Morgan fingerprint density at radius 3 is 3.19 bits per heavy atom. The smallest absolute Gasteiger partial charge is 0.410 e. The summed E-state index contributed by atoms with van der Waals surface area (Å²) in [5.41, 5.74) is 1.57. The predicted molar refractivity (Wildman–Crippen MR) is 58.2 cm³/mol. The first kappa shape index (κ1) is 10.7. The van der Waals surface area contributed by atoms with E-state index in [1.54, 1.807) is 18.0 Å². The summed E-state index contributed by atoms with van der Waals surface area (Å²) in [5, 5.41) is 0. The van der Waals surface area contributed by atoms with Crippen molar-refractivity contribution in [3.05, 3.63) is 33.7 Å². The van der Waals surface area contributed by atoms with Crippen molar-refractivity contribution >= 4 is 6.09 Å². The lowest BCUT2D eigenvalue weighted by atomic mass is 10.1. The third-order valence-electron chi connectivity index (χ3n) is 2.66. The number of nitrogens with one attached hydrogen (secondary N) is 1. The SMILES string of the molecule is CCOC(=O)N1CCc2[nH]ccc(=O)c2C1. The maximum atomic E-state index is 11.6. The van der Waals surface area contributed by atoms with Gasteiger partial charge in [0, 0.05) is 36.5 Å². The van der Waals surface area contributed by atoms with Crippen LogP contribution in [0.3, 0.4) is 0 Å². The number of rotatable bonds is 1. The van der Waals surface area contributed by atoms with Crippen LogP contribution in [0.4, 0.5) is 4.79 Å². The first-order valence-corrected chi connectivity index (χ1v) is 5.33. The van der Waals surface area contributed by atoms with Crippen LogP contribution in [0.1, 0.15) is 18.2 Å². The third kappa shape index (κ3) is 1.93. The fourth-order valence-electron chi connectivity index (χ4n) is 1.84. The standard InChI is InChI=1S/C11H14N2O3/c1-2-16-11(15)13-6-4-9-8(7-13)10(14)3-5-12-9/h3,5H,2,4,6-7H2,1H3,(H,12,14). The van der Waals surface area contributed by atoms with Gasteiger partial charge in [0.15, 0.2) is 5.43 Å². The molecule has 1 aromatic heterocycles. The van der Waals surface area contributed by atoms with E-state index in [2.05, 4.69) is 4.98 Å². The number of ether oxygens (including phenoxy) is 1. The molecule has 1 aliphatic heterocycles. The molecular formula is C11H14N2O3. The third-order valence-corrected chi connectivity index (χ3v) is 2.66.